The number of benzene rings is 2. The Hall–Kier alpha value is -2.83. The van der Waals surface area contributed by atoms with Gasteiger partial charge in [0.05, 0.1) is 17.2 Å². The number of nitrogens with zero attached hydrogens (tertiary/aromatic N) is 1. The first-order chi connectivity index (χ1) is 14.9. The Labute approximate surface area is 186 Å². The van der Waals surface area contributed by atoms with Crippen molar-refractivity contribution in [3.63, 3.8) is 0 Å². The third kappa shape index (κ3) is 5.87. The van der Waals surface area contributed by atoms with E-state index in [2.05, 4.69) is 4.98 Å². The Morgan fingerprint density at radius 2 is 1.84 bits per heavy atom. The highest BCUT2D eigenvalue weighted by molar-refractivity contribution is 6.31. The Balaban J connectivity index is 1.78. The van der Waals surface area contributed by atoms with Crippen LogP contribution in [0.2, 0.25) is 5.15 Å². The van der Waals surface area contributed by atoms with E-state index in [1.54, 1.807) is 19.1 Å². The highest BCUT2D eigenvalue weighted by atomic mass is 35.5. The van der Waals surface area contributed by atoms with Crippen molar-refractivity contribution in [2.75, 3.05) is 6.61 Å². The molecule has 7 heteroatoms. The summed E-state index contributed by atoms with van der Waals surface area (Å²) in [6.07, 6.45) is -0.613. The largest absolute Gasteiger partial charge is 0.490 e. The Bertz CT molecular complexity index is 1040. The molecule has 0 aliphatic heterocycles. The van der Waals surface area contributed by atoms with Crippen LogP contribution in [0.15, 0.2) is 48.5 Å². The Morgan fingerprint density at radius 3 is 2.48 bits per heavy atom. The average Bonchev–Trinajstić information content (AvgIpc) is 2.73. The van der Waals surface area contributed by atoms with E-state index in [-0.39, 0.29) is 19.1 Å². The van der Waals surface area contributed by atoms with Gasteiger partial charge in [-0.2, -0.15) is 0 Å². The fourth-order valence-electron chi connectivity index (χ4n) is 3.20. The quantitative estimate of drug-likeness (QED) is 0.429. The van der Waals surface area contributed by atoms with Crippen LogP contribution in [-0.2, 0) is 22.6 Å². The first kappa shape index (κ1) is 22.8. The van der Waals surface area contributed by atoms with Crippen molar-refractivity contribution in [3.05, 3.63) is 64.8 Å². The molecule has 1 heterocycles. The lowest BCUT2D eigenvalue weighted by Crippen LogP contribution is -2.26. The molecule has 0 amide bonds. The predicted octanol–water partition coefficient (Wildman–Crippen LogP) is 5.29. The first-order valence-electron chi connectivity index (χ1n) is 10.2. The number of para-hydroxylation sites is 1. The number of carboxylic acids is 1. The molecule has 1 atom stereocenters. The molecule has 31 heavy (non-hydrogen) atoms. The van der Waals surface area contributed by atoms with Gasteiger partial charge in [-0.1, -0.05) is 35.9 Å². The van der Waals surface area contributed by atoms with E-state index < -0.39 is 12.1 Å². The van der Waals surface area contributed by atoms with Gasteiger partial charge in [0.25, 0.3) is 0 Å². The number of carboxylic acid groups (broad SMARTS) is 1. The molecule has 3 aromatic rings. The Morgan fingerprint density at radius 1 is 1.13 bits per heavy atom. The van der Waals surface area contributed by atoms with E-state index >= 15 is 0 Å². The lowest BCUT2D eigenvalue weighted by atomic mass is 10.1. The molecule has 0 saturated heterocycles. The second-order valence-corrected chi connectivity index (χ2v) is 7.67. The van der Waals surface area contributed by atoms with Crippen LogP contribution in [0.4, 0.5) is 0 Å². The van der Waals surface area contributed by atoms with Gasteiger partial charge in [0, 0.05) is 18.4 Å². The van der Waals surface area contributed by atoms with Crippen molar-refractivity contribution in [3.8, 4) is 11.5 Å². The van der Waals surface area contributed by atoms with Gasteiger partial charge in [-0.25, -0.2) is 9.78 Å². The molecule has 0 aliphatic carbocycles. The molecule has 1 N–H and O–H groups in total. The smallest absolute Gasteiger partial charge is 0.333 e. The Kier molecular flexibility index (Phi) is 7.71. The maximum absolute atomic E-state index is 11.3. The molecule has 2 aromatic carbocycles. The second-order valence-electron chi connectivity index (χ2n) is 7.31. The van der Waals surface area contributed by atoms with Crippen LogP contribution in [0.5, 0.6) is 11.5 Å². The molecule has 0 radical (unpaired) electrons. The molecule has 0 saturated carbocycles. The number of halogens is 1. The molecule has 1 aromatic heterocycles. The van der Waals surface area contributed by atoms with E-state index in [4.69, 9.17) is 25.8 Å². The monoisotopic (exact) mass is 443 g/mol. The number of aromatic nitrogens is 1. The summed E-state index contributed by atoms with van der Waals surface area (Å²) in [4.78, 5) is 15.7. The van der Waals surface area contributed by atoms with Crippen LogP contribution in [0.25, 0.3) is 10.9 Å². The van der Waals surface area contributed by atoms with Gasteiger partial charge in [0.15, 0.2) is 6.10 Å². The normalized spacial score (nSPS) is 12.2. The summed E-state index contributed by atoms with van der Waals surface area (Å²) < 4.78 is 17.3. The molecule has 0 spiro atoms. The summed E-state index contributed by atoms with van der Waals surface area (Å²) >= 11 is 6.46. The van der Waals surface area contributed by atoms with Gasteiger partial charge < -0.3 is 19.3 Å². The maximum atomic E-state index is 11.3. The molecular formula is C24H26ClNO5. The third-order valence-corrected chi connectivity index (χ3v) is 4.93. The lowest BCUT2D eigenvalue weighted by molar-refractivity contribution is -0.149. The summed E-state index contributed by atoms with van der Waals surface area (Å²) in [6, 6.07) is 14.9. The lowest BCUT2D eigenvalue weighted by Gasteiger charge is -2.18. The van der Waals surface area contributed by atoms with Crippen LogP contribution in [0.3, 0.4) is 0 Å². The average molecular weight is 444 g/mol. The summed E-state index contributed by atoms with van der Waals surface area (Å²) in [7, 11) is 0. The zero-order valence-electron chi connectivity index (χ0n) is 17.8. The van der Waals surface area contributed by atoms with Crippen LogP contribution >= 0.6 is 11.6 Å². The van der Waals surface area contributed by atoms with Gasteiger partial charge in [0.1, 0.15) is 23.3 Å². The van der Waals surface area contributed by atoms with Crippen LogP contribution in [0.1, 0.15) is 31.9 Å². The zero-order chi connectivity index (χ0) is 22.4. The number of rotatable bonds is 10. The summed E-state index contributed by atoms with van der Waals surface area (Å²) in [5.41, 5.74) is 2.29. The van der Waals surface area contributed by atoms with Gasteiger partial charge in [-0.15, -0.1) is 0 Å². The highest BCUT2D eigenvalue weighted by Crippen LogP contribution is 2.35. The van der Waals surface area contributed by atoms with E-state index in [0.29, 0.717) is 28.8 Å². The van der Waals surface area contributed by atoms with E-state index in [1.807, 2.05) is 50.2 Å². The minimum atomic E-state index is -0.974. The van der Waals surface area contributed by atoms with Crippen molar-refractivity contribution in [2.24, 2.45) is 0 Å². The number of pyridine rings is 1. The molecular weight excluding hydrogens is 418 g/mol. The van der Waals surface area contributed by atoms with Crippen molar-refractivity contribution in [1.29, 1.82) is 0 Å². The predicted molar refractivity (Wildman–Crippen MR) is 120 cm³/mol. The topological polar surface area (TPSA) is 77.9 Å². The first-order valence-corrected chi connectivity index (χ1v) is 10.6. The summed E-state index contributed by atoms with van der Waals surface area (Å²) in [6.45, 7) is 6.23. The van der Waals surface area contributed by atoms with Crippen molar-refractivity contribution >= 4 is 28.5 Å². The molecule has 0 bridgehead atoms. The number of hydrogen-bond acceptors (Lipinski definition) is 5. The van der Waals surface area contributed by atoms with Crippen molar-refractivity contribution in [2.45, 2.75) is 46.0 Å². The molecule has 0 aliphatic rings. The van der Waals surface area contributed by atoms with Gasteiger partial charge in [-0.05, 0) is 50.6 Å². The van der Waals surface area contributed by atoms with E-state index in [0.717, 1.165) is 16.5 Å². The molecule has 0 fully saturated rings. The number of aliphatic carboxylic acids is 1. The second kappa shape index (κ2) is 10.5. The van der Waals surface area contributed by atoms with E-state index in [9.17, 15) is 9.90 Å². The fourth-order valence-corrected chi connectivity index (χ4v) is 3.43. The van der Waals surface area contributed by atoms with Gasteiger partial charge >= 0.3 is 5.97 Å². The van der Waals surface area contributed by atoms with Crippen LogP contribution < -0.4 is 9.47 Å². The number of fused-ring (bicyclic) bond motifs is 1. The van der Waals surface area contributed by atoms with Crippen LogP contribution in [-0.4, -0.2) is 34.9 Å². The zero-order valence-corrected chi connectivity index (χ0v) is 18.6. The van der Waals surface area contributed by atoms with Crippen LogP contribution in [0, 0.1) is 0 Å². The number of hydrogen-bond donors (Lipinski definition) is 1. The summed E-state index contributed by atoms with van der Waals surface area (Å²) in [5.74, 6) is 0.327. The molecule has 1 unspecified atom stereocenters. The number of ether oxygens (including phenoxy) is 3. The standard InChI is InChI=1S/C24H26ClNO5/c1-4-29-21(24(27)28)13-16-9-11-17(12-10-16)30-14-19-22(31-15(2)3)18-7-5-6-8-20(18)26-23(19)25/h5-12,15,21H,4,13-14H2,1-3H3,(H,27,28). The van der Waals surface area contributed by atoms with Crippen molar-refractivity contribution < 1.29 is 24.1 Å². The fraction of sp³-hybridized carbons (Fsp3) is 0.333. The summed E-state index contributed by atoms with van der Waals surface area (Å²) in [5, 5.41) is 10.5. The van der Waals surface area contributed by atoms with E-state index in [1.165, 1.54) is 0 Å². The molecule has 6 nitrogen and oxygen atoms in total. The van der Waals surface area contributed by atoms with Gasteiger partial charge in [0.2, 0.25) is 0 Å². The SMILES string of the molecule is CCOC(Cc1ccc(OCc2c(Cl)nc3ccccc3c2OC(C)C)cc1)C(=O)O. The highest BCUT2D eigenvalue weighted by Gasteiger charge is 2.19. The molecule has 164 valence electrons. The minimum absolute atomic E-state index is 0.0348. The third-order valence-electron chi connectivity index (χ3n) is 4.61. The van der Waals surface area contributed by atoms with Gasteiger partial charge in [-0.3, -0.25) is 0 Å². The molecule has 3 rings (SSSR count). The minimum Gasteiger partial charge on any atom is -0.490 e. The maximum Gasteiger partial charge on any atom is 0.333 e. The van der Waals surface area contributed by atoms with Crippen molar-refractivity contribution in [1.82, 2.24) is 4.98 Å². The number of carbonyl (C=O) groups is 1.